The maximum absolute atomic E-state index is 13.0. The Labute approximate surface area is 181 Å². The van der Waals surface area contributed by atoms with Gasteiger partial charge in [-0.25, -0.2) is 4.79 Å². The molecule has 7 nitrogen and oxygen atoms in total. The fraction of sp³-hybridized carbons (Fsp3) is 0.261. The number of ether oxygens (including phenoxy) is 1. The number of benzene rings is 2. The van der Waals surface area contributed by atoms with E-state index in [1.54, 1.807) is 37.3 Å². The van der Waals surface area contributed by atoms with Crippen LogP contribution < -0.4 is 9.04 Å². The Bertz CT molecular complexity index is 1240. The summed E-state index contributed by atoms with van der Waals surface area (Å²) in [6.07, 6.45) is 0. The van der Waals surface area contributed by atoms with Crippen molar-refractivity contribution in [3.8, 4) is 5.75 Å². The van der Waals surface area contributed by atoms with Crippen molar-refractivity contribution in [3.05, 3.63) is 76.0 Å². The summed E-state index contributed by atoms with van der Waals surface area (Å²) < 4.78 is 38.6. The van der Waals surface area contributed by atoms with Gasteiger partial charge in [0.15, 0.2) is 0 Å². The smallest absolute Gasteiger partial charge is 0.335 e. The maximum atomic E-state index is 13.0. The fourth-order valence-corrected chi connectivity index (χ4v) is 4.25. The zero-order valence-electron chi connectivity index (χ0n) is 18.1. The zero-order chi connectivity index (χ0) is 22.9. The Balaban J connectivity index is 1.95. The number of carboxylic acid groups (broad SMARTS) is 1. The molecule has 1 heterocycles. The van der Waals surface area contributed by atoms with Crippen molar-refractivity contribution in [1.29, 1.82) is 0 Å². The molecule has 164 valence electrons. The van der Waals surface area contributed by atoms with Crippen molar-refractivity contribution in [1.82, 2.24) is 0 Å². The van der Waals surface area contributed by atoms with Gasteiger partial charge in [0.2, 0.25) is 5.09 Å². The third-order valence-corrected chi connectivity index (χ3v) is 6.86. The lowest BCUT2D eigenvalue weighted by molar-refractivity contribution is 0.0696. The van der Waals surface area contributed by atoms with E-state index in [-0.39, 0.29) is 17.3 Å². The number of hydrogen-bond donors (Lipinski definition) is 1. The Kier molecular flexibility index (Phi) is 6.13. The first-order chi connectivity index (χ1) is 14.5. The summed E-state index contributed by atoms with van der Waals surface area (Å²) in [7, 11) is -2.45. The molecule has 0 aliphatic carbocycles. The highest BCUT2D eigenvalue weighted by atomic mass is 32.2. The van der Waals surface area contributed by atoms with E-state index in [0.717, 1.165) is 26.6 Å². The predicted molar refractivity (Wildman–Crippen MR) is 117 cm³/mol. The van der Waals surface area contributed by atoms with Crippen LogP contribution in [0.2, 0.25) is 0 Å². The summed E-state index contributed by atoms with van der Waals surface area (Å²) in [5, 5.41) is 8.99. The SMILES string of the molecule is Cc1ccc(S(=O)(=O)N(C)c2cc(C)c(C)cc2OCc2ccc(C(=O)O)cc2C)o1. The van der Waals surface area contributed by atoms with Gasteiger partial charge in [0.1, 0.15) is 18.1 Å². The van der Waals surface area contributed by atoms with Crippen molar-refractivity contribution in [2.24, 2.45) is 0 Å². The van der Waals surface area contributed by atoms with Gasteiger partial charge in [-0.3, -0.25) is 4.31 Å². The van der Waals surface area contributed by atoms with E-state index in [9.17, 15) is 13.2 Å². The minimum atomic E-state index is -3.91. The summed E-state index contributed by atoms with van der Waals surface area (Å²) in [6, 6.07) is 11.4. The lowest BCUT2D eigenvalue weighted by atomic mass is 10.1. The van der Waals surface area contributed by atoms with Crippen LogP contribution in [-0.2, 0) is 16.6 Å². The number of carbonyl (C=O) groups is 1. The average molecular weight is 444 g/mol. The molecule has 0 radical (unpaired) electrons. The molecule has 3 aromatic rings. The van der Waals surface area contributed by atoms with Crippen LogP contribution in [0, 0.1) is 27.7 Å². The largest absolute Gasteiger partial charge is 0.487 e. The number of furan rings is 1. The molecule has 2 aromatic carbocycles. The highest BCUT2D eigenvalue weighted by Gasteiger charge is 2.27. The van der Waals surface area contributed by atoms with Gasteiger partial charge in [0.05, 0.1) is 11.3 Å². The normalized spacial score (nSPS) is 11.4. The van der Waals surface area contributed by atoms with E-state index in [4.69, 9.17) is 14.3 Å². The van der Waals surface area contributed by atoms with Crippen LogP contribution in [-0.4, -0.2) is 26.5 Å². The van der Waals surface area contributed by atoms with E-state index in [0.29, 0.717) is 17.2 Å². The molecule has 1 aromatic heterocycles. The summed E-state index contributed by atoms with van der Waals surface area (Å²) in [6.45, 7) is 7.47. The molecule has 0 fully saturated rings. The Morgan fingerprint density at radius 1 is 1.00 bits per heavy atom. The van der Waals surface area contributed by atoms with Crippen molar-refractivity contribution in [3.63, 3.8) is 0 Å². The average Bonchev–Trinajstić information content (AvgIpc) is 3.15. The van der Waals surface area contributed by atoms with Gasteiger partial charge in [0, 0.05) is 7.05 Å². The molecule has 0 saturated carbocycles. The van der Waals surface area contributed by atoms with Crippen LogP contribution in [0.15, 0.2) is 52.0 Å². The van der Waals surface area contributed by atoms with Gasteiger partial charge < -0.3 is 14.3 Å². The molecule has 0 aliphatic rings. The third kappa shape index (κ3) is 4.59. The number of carboxylic acids is 1. The first kappa shape index (κ1) is 22.4. The topological polar surface area (TPSA) is 97.0 Å². The molecule has 0 unspecified atom stereocenters. The van der Waals surface area contributed by atoms with Crippen molar-refractivity contribution >= 4 is 21.7 Å². The Morgan fingerprint density at radius 3 is 2.26 bits per heavy atom. The second-order valence-corrected chi connectivity index (χ2v) is 9.38. The molecule has 8 heteroatoms. The van der Waals surface area contributed by atoms with E-state index < -0.39 is 16.0 Å². The van der Waals surface area contributed by atoms with Crippen molar-refractivity contribution in [2.45, 2.75) is 39.4 Å². The number of aryl methyl sites for hydroxylation is 4. The lowest BCUT2D eigenvalue weighted by Gasteiger charge is -2.23. The number of sulfonamides is 1. The number of nitrogens with zero attached hydrogens (tertiary/aromatic N) is 1. The second-order valence-electron chi connectivity index (χ2n) is 7.48. The third-order valence-electron chi connectivity index (χ3n) is 5.22. The zero-order valence-corrected chi connectivity index (χ0v) is 18.9. The minimum Gasteiger partial charge on any atom is -0.487 e. The Hall–Kier alpha value is -3.26. The predicted octanol–water partition coefficient (Wildman–Crippen LogP) is 4.62. The molecule has 0 saturated heterocycles. The lowest BCUT2D eigenvalue weighted by Crippen LogP contribution is -2.27. The van der Waals surface area contributed by atoms with Gasteiger partial charge in [0.25, 0.3) is 10.0 Å². The molecule has 0 amide bonds. The highest BCUT2D eigenvalue weighted by molar-refractivity contribution is 7.92. The molecule has 0 spiro atoms. The van der Waals surface area contributed by atoms with Crippen molar-refractivity contribution < 1.29 is 27.5 Å². The molecule has 0 atom stereocenters. The molecular weight excluding hydrogens is 418 g/mol. The van der Waals surface area contributed by atoms with Crippen LogP contribution in [0.1, 0.15) is 38.4 Å². The van der Waals surface area contributed by atoms with Gasteiger partial charge in [-0.15, -0.1) is 0 Å². The van der Waals surface area contributed by atoms with Crippen molar-refractivity contribution in [2.75, 3.05) is 11.4 Å². The molecule has 0 aliphatic heterocycles. The maximum Gasteiger partial charge on any atom is 0.335 e. The number of hydrogen-bond acceptors (Lipinski definition) is 5. The quantitative estimate of drug-likeness (QED) is 0.572. The highest BCUT2D eigenvalue weighted by Crippen LogP contribution is 2.35. The van der Waals surface area contributed by atoms with Crippen LogP contribution in [0.25, 0.3) is 0 Å². The van der Waals surface area contributed by atoms with Gasteiger partial charge in [-0.1, -0.05) is 6.07 Å². The van der Waals surface area contributed by atoms with Gasteiger partial charge in [-0.2, -0.15) is 8.42 Å². The van der Waals surface area contributed by atoms with Crippen LogP contribution in [0.4, 0.5) is 5.69 Å². The second kappa shape index (κ2) is 8.47. The number of rotatable bonds is 7. The monoisotopic (exact) mass is 443 g/mol. The van der Waals surface area contributed by atoms with Gasteiger partial charge in [-0.05, 0) is 86.3 Å². The minimum absolute atomic E-state index is 0.142. The number of aromatic carboxylic acids is 1. The molecule has 31 heavy (non-hydrogen) atoms. The first-order valence-corrected chi connectivity index (χ1v) is 11.1. The van der Waals surface area contributed by atoms with Crippen LogP contribution >= 0.6 is 0 Å². The fourth-order valence-electron chi connectivity index (χ4n) is 3.10. The van der Waals surface area contributed by atoms with Crippen LogP contribution in [0.3, 0.4) is 0 Å². The molecule has 0 bridgehead atoms. The van der Waals surface area contributed by atoms with E-state index in [1.807, 2.05) is 20.8 Å². The molecule has 1 N–H and O–H groups in total. The summed E-state index contributed by atoms with van der Waals surface area (Å²) in [5.41, 5.74) is 4.04. The summed E-state index contributed by atoms with van der Waals surface area (Å²) in [5.74, 6) is -0.0880. The number of anilines is 1. The summed E-state index contributed by atoms with van der Waals surface area (Å²) in [4.78, 5) is 11.1. The standard InChI is InChI=1S/C23H25NO6S/c1-14-11-20(24(5)31(27,28)22-9-6-17(4)30-22)21(12-15(14)2)29-13-19-8-7-18(23(25)26)10-16(19)3/h6-12H,13H2,1-5H3,(H,25,26). The van der Waals surface area contributed by atoms with E-state index >= 15 is 0 Å². The van der Waals surface area contributed by atoms with E-state index in [1.165, 1.54) is 19.2 Å². The molecule has 3 rings (SSSR count). The first-order valence-electron chi connectivity index (χ1n) is 9.63. The molecular formula is C23H25NO6S. The van der Waals surface area contributed by atoms with E-state index in [2.05, 4.69) is 0 Å². The summed E-state index contributed by atoms with van der Waals surface area (Å²) >= 11 is 0. The Morgan fingerprint density at radius 2 is 1.68 bits per heavy atom. The van der Waals surface area contributed by atoms with Crippen LogP contribution in [0.5, 0.6) is 5.75 Å². The van der Waals surface area contributed by atoms with Gasteiger partial charge >= 0.3 is 5.97 Å².